The molecule has 2 fully saturated rings. The number of carbonyl (C=O) groups excluding carboxylic acids is 1. The van der Waals surface area contributed by atoms with Crippen LogP contribution in [0, 0.1) is 13.8 Å². The van der Waals surface area contributed by atoms with Crippen LogP contribution >= 0.6 is 0 Å². The molecular weight excluding hydrogens is 430 g/mol. The van der Waals surface area contributed by atoms with Crippen LogP contribution in [0.1, 0.15) is 65.5 Å². The van der Waals surface area contributed by atoms with Crippen LogP contribution in [0.15, 0.2) is 18.2 Å². The van der Waals surface area contributed by atoms with E-state index in [0.717, 1.165) is 49.5 Å². The summed E-state index contributed by atoms with van der Waals surface area (Å²) < 4.78 is 19.0. The van der Waals surface area contributed by atoms with Gasteiger partial charge in [0.1, 0.15) is 0 Å². The fourth-order valence-electron chi connectivity index (χ4n) is 5.70. The Labute approximate surface area is 203 Å². The Balaban J connectivity index is 1.41. The zero-order valence-electron chi connectivity index (χ0n) is 21.4. The maximum absolute atomic E-state index is 13.4. The Hall–Kier alpha value is -2.67. The minimum absolute atomic E-state index is 0.165. The van der Waals surface area contributed by atoms with Gasteiger partial charge < -0.3 is 23.7 Å². The summed E-state index contributed by atoms with van der Waals surface area (Å²) in [6.07, 6.45) is 6.36. The molecule has 0 bridgehead atoms. The van der Waals surface area contributed by atoms with Crippen LogP contribution in [0.25, 0.3) is 0 Å². The van der Waals surface area contributed by atoms with Gasteiger partial charge in [-0.1, -0.05) is 25.3 Å². The first-order valence-electron chi connectivity index (χ1n) is 12.5. The average Bonchev–Trinajstić information content (AvgIpc) is 3.17. The van der Waals surface area contributed by atoms with Gasteiger partial charge in [0.05, 0.1) is 26.9 Å². The number of amides is 1. The SMILES string of the molecule is COc1ccc(CN2CCN(C(=O)c3cc(C)n(C4CCCCC4)c3C)CC2)c(OC)c1OC. The summed E-state index contributed by atoms with van der Waals surface area (Å²) >= 11 is 0. The molecule has 0 unspecified atom stereocenters. The molecule has 0 atom stereocenters. The lowest BCUT2D eigenvalue weighted by Gasteiger charge is -2.35. The molecule has 4 rings (SSSR count). The van der Waals surface area contributed by atoms with Crippen molar-refractivity contribution in [3.8, 4) is 17.2 Å². The molecule has 7 heteroatoms. The highest BCUT2D eigenvalue weighted by molar-refractivity contribution is 5.95. The quantitative estimate of drug-likeness (QED) is 0.594. The molecule has 1 saturated carbocycles. The lowest BCUT2D eigenvalue weighted by molar-refractivity contribution is 0.0626. The second-order valence-electron chi connectivity index (χ2n) is 9.51. The maximum atomic E-state index is 13.4. The number of hydrogen-bond acceptors (Lipinski definition) is 5. The zero-order chi connectivity index (χ0) is 24.2. The molecule has 7 nitrogen and oxygen atoms in total. The number of ether oxygens (including phenoxy) is 3. The summed E-state index contributed by atoms with van der Waals surface area (Å²) in [6.45, 7) is 8.10. The number of carbonyl (C=O) groups is 1. The highest BCUT2D eigenvalue weighted by Crippen LogP contribution is 2.40. The summed E-state index contributed by atoms with van der Waals surface area (Å²) in [7, 11) is 4.90. The standard InChI is InChI=1S/C27H39N3O4/c1-19-17-23(20(2)30(19)22-9-7-6-8-10-22)27(31)29-15-13-28(14-16-29)18-21-11-12-24(32-3)26(34-5)25(21)33-4/h11-12,17,22H,6-10,13-16,18H2,1-5H3. The maximum Gasteiger partial charge on any atom is 0.255 e. The van der Waals surface area contributed by atoms with Gasteiger partial charge in [0.15, 0.2) is 11.5 Å². The van der Waals surface area contributed by atoms with Gasteiger partial charge in [-0.25, -0.2) is 0 Å². The normalized spacial score (nSPS) is 17.6. The van der Waals surface area contributed by atoms with E-state index < -0.39 is 0 Å². The van der Waals surface area contributed by atoms with Gasteiger partial charge in [-0.15, -0.1) is 0 Å². The molecule has 2 aromatic rings. The molecule has 186 valence electrons. The Morgan fingerprint density at radius 1 is 0.912 bits per heavy atom. The molecule has 1 aliphatic heterocycles. The third-order valence-electron chi connectivity index (χ3n) is 7.49. The number of hydrogen-bond donors (Lipinski definition) is 0. The van der Waals surface area contributed by atoms with E-state index >= 15 is 0 Å². The monoisotopic (exact) mass is 469 g/mol. The topological polar surface area (TPSA) is 56.2 Å². The number of methoxy groups -OCH3 is 3. The zero-order valence-corrected chi connectivity index (χ0v) is 21.4. The van der Waals surface area contributed by atoms with Crippen molar-refractivity contribution in [2.75, 3.05) is 47.5 Å². The van der Waals surface area contributed by atoms with Crippen molar-refractivity contribution in [1.82, 2.24) is 14.4 Å². The number of nitrogens with zero attached hydrogens (tertiary/aromatic N) is 3. The average molecular weight is 470 g/mol. The molecular formula is C27H39N3O4. The highest BCUT2D eigenvalue weighted by Gasteiger charge is 2.28. The predicted molar refractivity (Wildman–Crippen MR) is 133 cm³/mol. The van der Waals surface area contributed by atoms with Crippen LogP contribution in [0.3, 0.4) is 0 Å². The van der Waals surface area contributed by atoms with Gasteiger partial charge >= 0.3 is 0 Å². The molecule has 2 heterocycles. The highest BCUT2D eigenvalue weighted by atomic mass is 16.5. The smallest absolute Gasteiger partial charge is 0.255 e. The molecule has 0 N–H and O–H groups in total. The van der Waals surface area contributed by atoms with Gasteiger partial charge in [-0.3, -0.25) is 9.69 Å². The molecule has 1 saturated heterocycles. The van der Waals surface area contributed by atoms with Gasteiger partial charge in [-0.2, -0.15) is 0 Å². The van der Waals surface area contributed by atoms with Gasteiger partial charge in [0.2, 0.25) is 5.75 Å². The fourth-order valence-corrected chi connectivity index (χ4v) is 5.70. The summed E-state index contributed by atoms with van der Waals surface area (Å²) in [5.41, 5.74) is 4.27. The first kappa shape index (κ1) is 24.5. The largest absolute Gasteiger partial charge is 0.493 e. The first-order chi connectivity index (χ1) is 16.5. The van der Waals surface area contributed by atoms with Crippen molar-refractivity contribution in [1.29, 1.82) is 0 Å². The summed E-state index contributed by atoms with van der Waals surface area (Å²) in [5, 5.41) is 0. The van der Waals surface area contributed by atoms with Crippen molar-refractivity contribution < 1.29 is 19.0 Å². The molecule has 1 aliphatic carbocycles. The van der Waals surface area contributed by atoms with Crippen LogP contribution in [0.4, 0.5) is 0 Å². The van der Waals surface area contributed by atoms with Crippen molar-refractivity contribution in [2.24, 2.45) is 0 Å². The van der Waals surface area contributed by atoms with Crippen LogP contribution in [0.2, 0.25) is 0 Å². The van der Waals surface area contributed by atoms with E-state index in [-0.39, 0.29) is 5.91 Å². The van der Waals surface area contributed by atoms with E-state index in [1.165, 1.54) is 37.8 Å². The van der Waals surface area contributed by atoms with Crippen molar-refractivity contribution in [3.05, 3.63) is 40.7 Å². The van der Waals surface area contributed by atoms with E-state index in [1.807, 2.05) is 17.0 Å². The lowest BCUT2D eigenvalue weighted by atomic mass is 9.95. The Bertz CT molecular complexity index is 1000. The molecule has 2 aliphatic rings. The second-order valence-corrected chi connectivity index (χ2v) is 9.51. The summed E-state index contributed by atoms with van der Waals surface area (Å²) in [5.74, 6) is 2.14. The van der Waals surface area contributed by atoms with E-state index in [9.17, 15) is 4.79 Å². The van der Waals surface area contributed by atoms with Crippen LogP contribution in [0.5, 0.6) is 17.2 Å². The minimum Gasteiger partial charge on any atom is -0.493 e. The summed E-state index contributed by atoms with van der Waals surface area (Å²) in [4.78, 5) is 17.8. The lowest BCUT2D eigenvalue weighted by Crippen LogP contribution is -2.48. The van der Waals surface area contributed by atoms with Gasteiger partial charge in [0, 0.05) is 55.7 Å². The third kappa shape index (κ3) is 4.76. The number of piperazine rings is 1. The van der Waals surface area contributed by atoms with E-state index in [2.05, 4.69) is 29.4 Å². The van der Waals surface area contributed by atoms with Crippen molar-refractivity contribution >= 4 is 5.91 Å². The van der Waals surface area contributed by atoms with Gasteiger partial charge in [0.25, 0.3) is 5.91 Å². The number of aryl methyl sites for hydroxylation is 1. The van der Waals surface area contributed by atoms with Gasteiger partial charge in [-0.05, 0) is 38.8 Å². The molecule has 1 amide bonds. The number of aromatic nitrogens is 1. The fraction of sp³-hybridized carbons (Fsp3) is 0.593. The molecule has 1 aromatic carbocycles. The first-order valence-corrected chi connectivity index (χ1v) is 12.5. The Morgan fingerprint density at radius 3 is 2.21 bits per heavy atom. The summed E-state index contributed by atoms with van der Waals surface area (Å²) in [6, 6.07) is 6.59. The van der Waals surface area contributed by atoms with E-state index in [1.54, 1.807) is 21.3 Å². The Kier molecular flexibility index (Phi) is 7.71. The number of benzene rings is 1. The van der Waals surface area contributed by atoms with Crippen LogP contribution < -0.4 is 14.2 Å². The van der Waals surface area contributed by atoms with Crippen LogP contribution in [-0.2, 0) is 6.54 Å². The van der Waals surface area contributed by atoms with Crippen molar-refractivity contribution in [3.63, 3.8) is 0 Å². The molecule has 1 aromatic heterocycles. The van der Waals surface area contributed by atoms with Crippen LogP contribution in [-0.4, -0.2) is 67.8 Å². The molecule has 0 spiro atoms. The van der Waals surface area contributed by atoms with Crippen molar-refractivity contribution in [2.45, 2.75) is 58.5 Å². The van der Waals surface area contributed by atoms with E-state index in [0.29, 0.717) is 23.3 Å². The minimum atomic E-state index is 0.165. The third-order valence-corrected chi connectivity index (χ3v) is 7.49. The molecule has 34 heavy (non-hydrogen) atoms. The second kappa shape index (κ2) is 10.7. The molecule has 0 radical (unpaired) electrons. The number of rotatable bonds is 7. The van der Waals surface area contributed by atoms with E-state index in [4.69, 9.17) is 14.2 Å². The Morgan fingerprint density at radius 2 is 1.59 bits per heavy atom. The predicted octanol–water partition coefficient (Wildman–Crippen LogP) is 4.59.